The number of nitrogens with one attached hydrogen (secondary N) is 1. The van der Waals surface area contributed by atoms with Gasteiger partial charge in [-0.25, -0.2) is 0 Å². The minimum atomic E-state index is 0.00880. The first kappa shape index (κ1) is 15.4. The average Bonchev–Trinajstić information content (AvgIpc) is 2.22. The van der Waals surface area contributed by atoms with Crippen LogP contribution in [0.25, 0.3) is 0 Å². The topological polar surface area (TPSA) is 29.1 Å². The standard InChI is InChI=1S/C14H20ClNOS/c1-9(2)7-18-8-13(17)16-14-11(4)5-10(3)6-12(14)15/h5-6,9H,7-8H2,1-4H3,(H,16,17). The number of rotatable bonds is 5. The Bertz CT molecular complexity index is 409. The molecule has 0 radical (unpaired) electrons. The molecular weight excluding hydrogens is 266 g/mol. The van der Waals surface area contributed by atoms with Crippen molar-refractivity contribution in [2.45, 2.75) is 27.7 Å². The van der Waals surface area contributed by atoms with Gasteiger partial charge < -0.3 is 5.32 Å². The molecule has 0 spiro atoms. The fourth-order valence-electron chi connectivity index (χ4n) is 1.64. The van der Waals surface area contributed by atoms with E-state index in [4.69, 9.17) is 11.6 Å². The molecule has 1 N–H and O–H groups in total. The molecule has 100 valence electrons. The lowest BCUT2D eigenvalue weighted by Gasteiger charge is -2.11. The van der Waals surface area contributed by atoms with Crippen LogP contribution in [0.2, 0.25) is 5.02 Å². The quantitative estimate of drug-likeness (QED) is 0.875. The van der Waals surface area contributed by atoms with Gasteiger partial charge in [-0.2, -0.15) is 11.8 Å². The highest BCUT2D eigenvalue weighted by atomic mass is 35.5. The van der Waals surface area contributed by atoms with Crippen molar-refractivity contribution in [1.82, 2.24) is 0 Å². The molecule has 1 amide bonds. The Hall–Kier alpha value is -0.670. The van der Waals surface area contributed by atoms with E-state index in [-0.39, 0.29) is 5.91 Å². The Kier molecular flexibility index (Phi) is 6.03. The van der Waals surface area contributed by atoms with Gasteiger partial charge in [0.25, 0.3) is 0 Å². The summed E-state index contributed by atoms with van der Waals surface area (Å²) in [5, 5.41) is 3.49. The van der Waals surface area contributed by atoms with Crippen molar-refractivity contribution < 1.29 is 4.79 Å². The molecule has 1 aromatic rings. The van der Waals surface area contributed by atoms with Crippen LogP contribution in [0.15, 0.2) is 12.1 Å². The van der Waals surface area contributed by atoms with Gasteiger partial charge in [0.15, 0.2) is 0 Å². The van der Waals surface area contributed by atoms with Gasteiger partial charge in [0.05, 0.1) is 16.5 Å². The summed E-state index contributed by atoms with van der Waals surface area (Å²) in [6.45, 7) is 8.23. The number of halogens is 1. The SMILES string of the molecule is Cc1cc(C)c(NC(=O)CSCC(C)C)c(Cl)c1. The third kappa shape index (κ3) is 4.91. The van der Waals surface area contributed by atoms with Gasteiger partial charge in [-0.05, 0) is 42.7 Å². The zero-order valence-corrected chi connectivity index (χ0v) is 12.9. The van der Waals surface area contributed by atoms with Gasteiger partial charge in [0.1, 0.15) is 0 Å². The predicted molar refractivity (Wildman–Crippen MR) is 81.7 cm³/mol. The minimum absolute atomic E-state index is 0.00880. The maximum absolute atomic E-state index is 11.8. The van der Waals surface area contributed by atoms with Gasteiger partial charge in [0.2, 0.25) is 5.91 Å². The van der Waals surface area contributed by atoms with Crippen LogP contribution in [0.4, 0.5) is 5.69 Å². The molecule has 0 saturated carbocycles. The lowest BCUT2D eigenvalue weighted by atomic mass is 10.1. The lowest BCUT2D eigenvalue weighted by Crippen LogP contribution is -2.16. The highest BCUT2D eigenvalue weighted by Gasteiger charge is 2.09. The van der Waals surface area contributed by atoms with Gasteiger partial charge in [-0.15, -0.1) is 0 Å². The monoisotopic (exact) mass is 285 g/mol. The van der Waals surface area contributed by atoms with Crippen LogP contribution in [0.1, 0.15) is 25.0 Å². The summed E-state index contributed by atoms with van der Waals surface area (Å²) >= 11 is 7.79. The minimum Gasteiger partial charge on any atom is -0.324 e. The Morgan fingerprint density at radius 1 is 1.39 bits per heavy atom. The number of benzene rings is 1. The van der Waals surface area contributed by atoms with Crippen molar-refractivity contribution in [2.75, 3.05) is 16.8 Å². The largest absolute Gasteiger partial charge is 0.324 e. The zero-order valence-electron chi connectivity index (χ0n) is 11.3. The molecule has 0 aliphatic rings. The molecule has 0 aliphatic carbocycles. The lowest BCUT2D eigenvalue weighted by molar-refractivity contribution is -0.113. The Balaban J connectivity index is 2.59. The number of thioether (sulfide) groups is 1. The molecule has 0 fully saturated rings. The fourth-order valence-corrected chi connectivity index (χ4v) is 2.85. The molecule has 4 heteroatoms. The first-order valence-corrected chi connectivity index (χ1v) is 7.57. The maximum atomic E-state index is 11.8. The van der Waals surface area contributed by atoms with Crippen LogP contribution in [-0.2, 0) is 4.79 Å². The van der Waals surface area contributed by atoms with E-state index in [0.29, 0.717) is 16.7 Å². The number of hydrogen-bond acceptors (Lipinski definition) is 2. The molecule has 18 heavy (non-hydrogen) atoms. The predicted octanol–water partition coefficient (Wildman–Crippen LogP) is 4.28. The molecule has 1 aromatic carbocycles. The molecule has 0 unspecified atom stereocenters. The van der Waals surface area contributed by atoms with E-state index < -0.39 is 0 Å². The smallest absolute Gasteiger partial charge is 0.234 e. The molecule has 2 nitrogen and oxygen atoms in total. The number of hydrogen-bond donors (Lipinski definition) is 1. The van der Waals surface area contributed by atoms with Gasteiger partial charge in [-0.1, -0.05) is 31.5 Å². The summed E-state index contributed by atoms with van der Waals surface area (Å²) in [6.07, 6.45) is 0. The van der Waals surface area contributed by atoms with Crippen molar-refractivity contribution in [3.05, 3.63) is 28.3 Å². The van der Waals surface area contributed by atoms with Crippen molar-refractivity contribution in [3.8, 4) is 0 Å². The Morgan fingerprint density at radius 2 is 2.06 bits per heavy atom. The summed E-state index contributed by atoms with van der Waals surface area (Å²) < 4.78 is 0. The van der Waals surface area contributed by atoms with Crippen molar-refractivity contribution in [2.24, 2.45) is 5.92 Å². The number of amides is 1. The molecular formula is C14H20ClNOS. The second-order valence-corrected chi connectivity index (χ2v) is 6.33. The van der Waals surface area contributed by atoms with Gasteiger partial charge >= 0.3 is 0 Å². The number of carbonyl (C=O) groups excluding carboxylic acids is 1. The summed E-state index contributed by atoms with van der Waals surface area (Å²) in [5.74, 6) is 2.08. The number of anilines is 1. The van der Waals surface area contributed by atoms with E-state index in [9.17, 15) is 4.79 Å². The van der Waals surface area contributed by atoms with E-state index in [1.165, 1.54) is 0 Å². The van der Waals surface area contributed by atoms with Crippen LogP contribution >= 0.6 is 23.4 Å². The molecule has 0 heterocycles. The van der Waals surface area contributed by atoms with Gasteiger partial charge in [0, 0.05) is 0 Å². The molecule has 0 saturated heterocycles. The van der Waals surface area contributed by atoms with E-state index in [0.717, 1.165) is 22.6 Å². The average molecular weight is 286 g/mol. The van der Waals surface area contributed by atoms with Crippen LogP contribution < -0.4 is 5.32 Å². The third-order valence-corrected chi connectivity index (χ3v) is 4.05. The summed E-state index contributed by atoms with van der Waals surface area (Å²) in [6, 6.07) is 3.88. The Labute approximate surface area is 118 Å². The van der Waals surface area contributed by atoms with Crippen LogP contribution in [0.3, 0.4) is 0 Å². The second kappa shape index (κ2) is 7.05. The highest BCUT2D eigenvalue weighted by Crippen LogP contribution is 2.27. The number of aryl methyl sites for hydroxylation is 2. The van der Waals surface area contributed by atoms with Crippen molar-refractivity contribution in [3.63, 3.8) is 0 Å². The third-order valence-electron chi connectivity index (χ3n) is 2.38. The fraction of sp³-hybridized carbons (Fsp3) is 0.500. The molecule has 0 atom stereocenters. The van der Waals surface area contributed by atoms with Crippen molar-refractivity contribution >= 4 is 35.0 Å². The van der Waals surface area contributed by atoms with Crippen LogP contribution in [0.5, 0.6) is 0 Å². The van der Waals surface area contributed by atoms with Crippen LogP contribution in [0, 0.1) is 19.8 Å². The summed E-state index contributed by atoms with van der Waals surface area (Å²) in [7, 11) is 0. The van der Waals surface area contributed by atoms with Gasteiger partial charge in [-0.3, -0.25) is 4.79 Å². The molecule has 0 aliphatic heterocycles. The normalized spacial score (nSPS) is 10.8. The van der Waals surface area contributed by atoms with Crippen molar-refractivity contribution in [1.29, 1.82) is 0 Å². The second-order valence-electron chi connectivity index (χ2n) is 4.90. The highest BCUT2D eigenvalue weighted by molar-refractivity contribution is 7.99. The van der Waals surface area contributed by atoms with Crippen LogP contribution in [-0.4, -0.2) is 17.4 Å². The first-order chi connectivity index (χ1) is 8.40. The number of carbonyl (C=O) groups is 1. The molecule has 0 aromatic heterocycles. The zero-order chi connectivity index (χ0) is 13.7. The van der Waals surface area contributed by atoms with E-state index in [1.807, 2.05) is 26.0 Å². The first-order valence-electron chi connectivity index (χ1n) is 6.04. The maximum Gasteiger partial charge on any atom is 0.234 e. The summed E-state index contributed by atoms with van der Waals surface area (Å²) in [5.41, 5.74) is 2.84. The van der Waals surface area contributed by atoms with E-state index in [2.05, 4.69) is 19.2 Å². The summed E-state index contributed by atoms with van der Waals surface area (Å²) in [4.78, 5) is 11.8. The molecule has 1 rings (SSSR count). The molecule has 0 bridgehead atoms. The van der Waals surface area contributed by atoms with E-state index >= 15 is 0 Å². The van der Waals surface area contributed by atoms with E-state index in [1.54, 1.807) is 11.8 Å². The Morgan fingerprint density at radius 3 is 2.61 bits per heavy atom.